The van der Waals surface area contributed by atoms with Gasteiger partial charge in [-0.2, -0.15) is 0 Å². The van der Waals surface area contributed by atoms with E-state index in [1.165, 1.54) is 25.5 Å². The number of rotatable bonds is 6. The zero-order valence-electron chi connectivity index (χ0n) is 9.76. The van der Waals surface area contributed by atoms with Crippen LogP contribution in [0.3, 0.4) is 0 Å². The maximum absolute atomic E-state index is 11.2. The molecule has 3 heteroatoms. The Bertz CT molecular complexity index is 286. The second kappa shape index (κ2) is 6.23. The van der Waals surface area contributed by atoms with Gasteiger partial charge in [-0.1, -0.05) is 31.8 Å². The standard InChI is InChI=1S/C11H22O2S/c1-5-6-7-8-9-10(2)11(3)14(4,12)13/h5-9H2,1-4H3/b11-10+. The highest BCUT2D eigenvalue weighted by atomic mass is 32.2. The highest BCUT2D eigenvalue weighted by Crippen LogP contribution is 2.16. The first-order valence-electron chi connectivity index (χ1n) is 5.26. The average molecular weight is 218 g/mol. The molecule has 0 atom stereocenters. The molecule has 0 N–H and O–H groups in total. The van der Waals surface area contributed by atoms with Crippen molar-refractivity contribution in [3.05, 3.63) is 10.5 Å². The predicted molar refractivity (Wildman–Crippen MR) is 62.0 cm³/mol. The van der Waals surface area contributed by atoms with Gasteiger partial charge in [-0.15, -0.1) is 0 Å². The molecule has 0 radical (unpaired) electrons. The van der Waals surface area contributed by atoms with E-state index in [2.05, 4.69) is 6.92 Å². The molecule has 0 aromatic rings. The number of hydrogen-bond donors (Lipinski definition) is 0. The molecule has 14 heavy (non-hydrogen) atoms. The zero-order valence-corrected chi connectivity index (χ0v) is 10.6. The Labute approximate surface area is 88.3 Å². The lowest BCUT2D eigenvalue weighted by Crippen LogP contribution is -2.00. The van der Waals surface area contributed by atoms with E-state index >= 15 is 0 Å². The molecule has 0 saturated heterocycles. The summed E-state index contributed by atoms with van der Waals surface area (Å²) in [5.74, 6) is 0. The lowest BCUT2D eigenvalue weighted by Gasteiger charge is -2.05. The number of allylic oxidation sites excluding steroid dienone is 2. The van der Waals surface area contributed by atoms with E-state index in [1.807, 2.05) is 6.92 Å². The van der Waals surface area contributed by atoms with Crippen LogP contribution in [0.15, 0.2) is 10.5 Å². The monoisotopic (exact) mass is 218 g/mol. The Hall–Kier alpha value is -0.310. The minimum absolute atomic E-state index is 0.550. The molecule has 2 nitrogen and oxygen atoms in total. The van der Waals surface area contributed by atoms with Gasteiger partial charge >= 0.3 is 0 Å². The molecule has 0 amide bonds. The highest BCUT2D eigenvalue weighted by Gasteiger charge is 2.08. The third-order valence-electron chi connectivity index (χ3n) is 2.56. The zero-order chi connectivity index (χ0) is 11.2. The molecule has 0 aromatic carbocycles. The van der Waals surface area contributed by atoms with Crippen molar-refractivity contribution < 1.29 is 8.42 Å². The fourth-order valence-corrected chi connectivity index (χ4v) is 2.04. The second-order valence-corrected chi connectivity index (χ2v) is 6.08. The molecule has 0 bridgehead atoms. The average Bonchev–Trinajstić information content (AvgIpc) is 2.09. The van der Waals surface area contributed by atoms with Gasteiger partial charge in [0.15, 0.2) is 9.84 Å². The van der Waals surface area contributed by atoms with E-state index < -0.39 is 9.84 Å². The van der Waals surface area contributed by atoms with Crippen LogP contribution in [0.25, 0.3) is 0 Å². The van der Waals surface area contributed by atoms with Crippen LogP contribution in [0, 0.1) is 0 Å². The first-order valence-corrected chi connectivity index (χ1v) is 7.15. The third-order valence-corrected chi connectivity index (χ3v) is 4.02. The molecule has 0 aliphatic heterocycles. The first-order chi connectivity index (χ1) is 6.39. The van der Waals surface area contributed by atoms with Gasteiger partial charge in [0.05, 0.1) is 0 Å². The lowest BCUT2D eigenvalue weighted by atomic mass is 10.1. The van der Waals surface area contributed by atoms with Crippen molar-refractivity contribution in [2.24, 2.45) is 0 Å². The van der Waals surface area contributed by atoms with E-state index in [9.17, 15) is 8.42 Å². The molecule has 0 saturated carbocycles. The van der Waals surface area contributed by atoms with Crippen molar-refractivity contribution in [3.8, 4) is 0 Å². The van der Waals surface area contributed by atoms with E-state index in [4.69, 9.17) is 0 Å². The maximum Gasteiger partial charge on any atom is 0.171 e. The number of hydrogen-bond acceptors (Lipinski definition) is 2. The van der Waals surface area contributed by atoms with Crippen LogP contribution in [0.1, 0.15) is 52.9 Å². The van der Waals surface area contributed by atoms with Crippen LogP contribution in [0.4, 0.5) is 0 Å². The Balaban J connectivity index is 4.12. The number of sulfone groups is 1. The van der Waals surface area contributed by atoms with Crippen molar-refractivity contribution in [1.29, 1.82) is 0 Å². The predicted octanol–water partition coefficient (Wildman–Crippen LogP) is 3.30. The Kier molecular flexibility index (Phi) is 6.09. The summed E-state index contributed by atoms with van der Waals surface area (Å²) in [6, 6.07) is 0. The van der Waals surface area contributed by atoms with Gasteiger partial charge < -0.3 is 0 Å². The van der Waals surface area contributed by atoms with Gasteiger partial charge in [0.1, 0.15) is 0 Å². The van der Waals surface area contributed by atoms with Gasteiger partial charge in [0.2, 0.25) is 0 Å². The van der Waals surface area contributed by atoms with Crippen LogP contribution >= 0.6 is 0 Å². The Morgan fingerprint density at radius 3 is 2.07 bits per heavy atom. The largest absolute Gasteiger partial charge is 0.224 e. The fourth-order valence-electron chi connectivity index (χ4n) is 1.31. The van der Waals surface area contributed by atoms with Crippen molar-refractivity contribution in [2.45, 2.75) is 52.9 Å². The van der Waals surface area contributed by atoms with Gasteiger partial charge in [0, 0.05) is 11.2 Å². The van der Waals surface area contributed by atoms with Crippen LogP contribution in [0.2, 0.25) is 0 Å². The molecule has 0 unspecified atom stereocenters. The Morgan fingerprint density at radius 2 is 1.64 bits per heavy atom. The number of unbranched alkanes of at least 4 members (excludes halogenated alkanes) is 3. The maximum atomic E-state index is 11.2. The van der Waals surface area contributed by atoms with Gasteiger partial charge in [-0.05, 0) is 26.7 Å². The summed E-state index contributed by atoms with van der Waals surface area (Å²) in [6.07, 6.45) is 6.95. The topological polar surface area (TPSA) is 34.1 Å². The van der Waals surface area contributed by atoms with Gasteiger partial charge in [-0.25, -0.2) is 8.42 Å². The minimum Gasteiger partial charge on any atom is -0.224 e. The van der Waals surface area contributed by atoms with Crippen LogP contribution in [-0.2, 0) is 9.84 Å². The van der Waals surface area contributed by atoms with Crippen LogP contribution in [0.5, 0.6) is 0 Å². The molecular weight excluding hydrogens is 196 g/mol. The summed E-state index contributed by atoms with van der Waals surface area (Å²) >= 11 is 0. The van der Waals surface area contributed by atoms with Crippen LogP contribution in [-0.4, -0.2) is 14.7 Å². The molecule has 0 rings (SSSR count). The molecule has 84 valence electrons. The van der Waals surface area contributed by atoms with Gasteiger partial charge in [0.25, 0.3) is 0 Å². The van der Waals surface area contributed by atoms with Crippen molar-refractivity contribution in [1.82, 2.24) is 0 Å². The van der Waals surface area contributed by atoms with Gasteiger partial charge in [-0.3, -0.25) is 0 Å². The smallest absolute Gasteiger partial charge is 0.171 e. The first kappa shape index (κ1) is 13.7. The Morgan fingerprint density at radius 1 is 1.07 bits per heavy atom. The molecule has 0 aromatic heterocycles. The van der Waals surface area contributed by atoms with E-state index in [0.29, 0.717) is 4.91 Å². The summed E-state index contributed by atoms with van der Waals surface area (Å²) in [6.45, 7) is 5.79. The summed E-state index contributed by atoms with van der Waals surface area (Å²) in [5.41, 5.74) is 1.02. The molecule has 0 fully saturated rings. The highest BCUT2D eigenvalue weighted by molar-refractivity contribution is 7.94. The second-order valence-electron chi connectivity index (χ2n) is 3.92. The molecule has 0 aliphatic carbocycles. The van der Waals surface area contributed by atoms with E-state index in [0.717, 1.165) is 18.4 Å². The van der Waals surface area contributed by atoms with Crippen molar-refractivity contribution >= 4 is 9.84 Å². The summed E-state index contributed by atoms with van der Waals surface area (Å²) < 4.78 is 22.4. The fraction of sp³-hybridized carbons (Fsp3) is 0.818. The molecular formula is C11H22O2S. The van der Waals surface area contributed by atoms with E-state index in [1.54, 1.807) is 6.92 Å². The minimum atomic E-state index is -2.97. The van der Waals surface area contributed by atoms with Crippen molar-refractivity contribution in [2.75, 3.05) is 6.26 Å². The van der Waals surface area contributed by atoms with E-state index in [-0.39, 0.29) is 0 Å². The summed E-state index contributed by atoms with van der Waals surface area (Å²) in [5, 5.41) is 0. The summed E-state index contributed by atoms with van der Waals surface area (Å²) in [7, 11) is -2.97. The molecule has 0 aliphatic rings. The van der Waals surface area contributed by atoms with Crippen molar-refractivity contribution in [3.63, 3.8) is 0 Å². The quantitative estimate of drug-likeness (QED) is 0.641. The third kappa shape index (κ3) is 5.43. The normalized spacial score (nSPS) is 14.0. The molecule has 0 heterocycles. The summed E-state index contributed by atoms with van der Waals surface area (Å²) in [4.78, 5) is 0.550. The lowest BCUT2D eigenvalue weighted by molar-refractivity contribution is 0.606. The molecule has 0 spiro atoms. The SMILES string of the molecule is CCCCCC/C(C)=C(\C)S(C)(=O)=O. The van der Waals surface area contributed by atoms with Crippen LogP contribution < -0.4 is 0 Å².